The predicted octanol–water partition coefficient (Wildman–Crippen LogP) is 1.81. The smallest absolute Gasteiger partial charge is 0.0534 e. The average molecular weight is 259 g/mol. The molecule has 2 heterocycles. The molecule has 2 N–H and O–H groups in total. The zero-order valence-corrected chi connectivity index (χ0v) is 11.5. The van der Waals surface area contributed by atoms with Crippen molar-refractivity contribution in [3.8, 4) is 0 Å². The Morgan fingerprint density at radius 1 is 1.53 bits per heavy atom. The lowest BCUT2D eigenvalue weighted by Crippen LogP contribution is -2.34. The standard InChI is InChI=1S/C12H22N4.ClH/c1-10(2)16-9-11(7-14-16)8-15-5-3-4-12(15)6-13;/h7,9-10,12H,3-6,8,13H2,1-2H3;1H. The van der Waals surface area contributed by atoms with Crippen LogP contribution in [0.5, 0.6) is 0 Å². The highest BCUT2D eigenvalue weighted by Gasteiger charge is 2.23. The van der Waals surface area contributed by atoms with Crippen LogP contribution in [0.1, 0.15) is 38.3 Å². The van der Waals surface area contributed by atoms with Gasteiger partial charge < -0.3 is 5.73 Å². The van der Waals surface area contributed by atoms with E-state index in [-0.39, 0.29) is 12.4 Å². The van der Waals surface area contributed by atoms with Gasteiger partial charge in [0.2, 0.25) is 0 Å². The number of rotatable bonds is 4. The second-order valence-electron chi connectivity index (χ2n) is 4.92. The number of halogens is 1. The largest absolute Gasteiger partial charge is 0.329 e. The third-order valence-electron chi connectivity index (χ3n) is 3.34. The Kier molecular flexibility index (Phi) is 5.43. The van der Waals surface area contributed by atoms with E-state index in [0.29, 0.717) is 12.1 Å². The molecule has 0 spiro atoms. The number of likely N-dealkylation sites (tertiary alicyclic amines) is 1. The average Bonchev–Trinajstić information content (AvgIpc) is 2.87. The molecule has 0 bridgehead atoms. The number of nitrogens with two attached hydrogens (primary N) is 1. The summed E-state index contributed by atoms with van der Waals surface area (Å²) in [5.74, 6) is 0. The van der Waals surface area contributed by atoms with Crippen molar-refractivity contribution in [1.82, 2.24) is 14.7 Å². The van der Waals surface area contributed by atoms with E-state index in [1.165, 1.54) is 24.9 Å². The molecule has 98 valence electrons. The first-order valence-electron chi connectivity index (χ1n) is 6.18. The molecule has 1 aromatic rings. The molecule has 1 aromatic heterocycles. The van der Waals surface area contributed by atoms with Gasteiger partial charge in [-0.3, -0.25) is 9.58 Å². The normalized spacial score (nSPS) is 20.8. The maximum Gasteiger partial charge on any atom is 0.0534 e. The Hall–Kier alpha value is -0.580. The van der Waals surface area contributed by atoms with Gasteiger partial charge in [-0.05, 0) is 33.2 Å². The number of aromatic nitrogens is 2. The second-order valence-corrected chi connectivity index (χ2v) is 4.92. The molecule has 0 aromatic carbocycles. The van der Waals surface area contributed by atoms with Crippen LogP contribution in [0.2, 0.25) is 0 Å². The minimum Gasteiger partial charge on any atom is -0.329 e. The fourth-order valence-electron chi connectivity index (χ4n) is 2.35. The monoisotopic (exact) mass is 258 g/mol. The van der Waals surface area contributed by atoms with Crippen LogP contribution in [0.25, 0.3) is 0 Å². The molecule has 17 heavy (non-hydrogen) atoms. The van der Waals surface area contributed by atoms with Gasteiger partial charge in [0.05, 0.1) is 6.20 Å². The van der Waals surface area contributed by atoms with Crippen LogP contribution >= 0.6 is 12.4 Å². The highest BCUT2D eigenvalue weighted by Crippen LogP contribution is 2.19. The van der Waals surface area contributed by atoms with Crippen LogP contribution in [0.15, 0.2) is 12.4 Å². The number of hydrogen-bond donors (Lipinski definition) is 1. The van der Waals surface area contributed by atoms with E-state index < -0.39 is 0 Å². The number of hydrogen-bond acceptors (Lipinski definition) is 3. The zero-order chi connectivity index (χ0) is 11.5. The number of nitrogens with zero attached hydrogens (tertiary/aromatic N) is 3. The van der Waals surface area contributed by atoms with E-state index in [4.69, 9.17) is 5.73 Å². The van der Waals surface area contributed by atoms with Gasteiger partial charge in [-0.1, -0.05) is 0 Å². The van der Waals surface area contributed by atoms with E-state index in [1.807, 2.05) is 10.9 Å². The maximum atomic E-state index is 5.77. The Balaban J connectivity index is 0.00000144. The van der Waals surface area contributed by atoms with Gasteiger partial charge in [-0.2, -0.15) is 5.10 Å². The molecule has 0 saturated carbocycles. The van der Waals surface area contributed by atoms with Crippen LogP contribution in [0, 0.1) is 0 Å². The highest BCUT2D eigenvalue weighted by molar-refractivity contribution is 5.85. The first kappa shape index (κ1) is 14.5. The van der Waals surface area contributed by atoms with Crippen LogP contribution in [-0.2, 0) is 6.54 Å². The summed E-state index contributed by atoms with van der Waals surface area (Å²) in [5, 5.41) is 4.37. The van der Waals surface area contributed by atoms with E-state index >= 15 is 0 Å². The minimum absolute atomic E-state index is 0. The summed E-state index contributed by atoms with van der Waals surface area (Å²) in [6.07, 6.45) is 6.65. The summed E-state index contributed by atoms with van der Waals surface area (Å²) in [4.78, 5) is 2.47. The lowest BCUT2D eigenvalue weighted by atomic mass is 10.2. The Bertz CT molecular complexity index is 337. The SMILES string of the molecule is CC(C)n1cc(CN2CCCC2CN)cn1.Cl. The Labute approximate surface area is 110 Å². The van der Waals surface area contributed by atoms with Crippen molar-refractivity contribution in [3.63, 3.8) is 0 Å². The second kappa shape index (κ2) is 6.38. The quantitative estimate of drug-likeness (QED) is 0.896. The summed E-state index contributed by atoms with van der Waals surface area (Å²) in [7, 11) is 0. The van der Waals surface area contributed by atoms with Gasteiger partial charge in [0, 0.05) is 36.9 Å². The molecule has 1 aliphatic heterocycles. The van der Waals surface area contributed by atoms with Gasteiger partial charge in [-0.15, -0.1) is 12.4 Å². The minimum atomic E-state index is 0. The van der Waals surface area contributed by atoms with Crippen molar-refractivity contribution < 1.29 is 0 Å². The summed E-state index contributed by atoms with van der Waals surface area (Å²) in [5.41, 5.74) is 7.07. The highest BCUT2D eigenvalue weighted by atomic mass is 35.5. The molecule has 4 nitrogen and oxygen atoms in total. The van der Waals surface area contributed by atoms with E-state index in [9.17, 15) is 0 Å². The molecule has 1 fully saturated rings. The van der Waals surface area contributed by atoms with Crippen LogP contribution in [0.4, 0.5) is 0 Å². The Morgan fingerprint density at radius 2 is 2.29 bits per heavy atom. The van der Waals surface area contributed by atoms with Crippen molar-refractivity contribution >= 4 is 12.4 Å². The van der Waals surface area contributed by atoms with Crippen molar-refractivity contribution in [2.75, 3.05) is 13.1 Å². The zero-order valence-electron chi connectivity index (χ0n) is 10.7. The molecule has 0 radical (unpaired) electrons. The molecule has 1 atom stereocenters. The van der Waals surface area contributed by atoms with E-state index in [1.54, 1.807) is 0 Å². The summed E-state index contributed by atoms with van der Waals surface area (Å²) >= 11 is 0. The van der Waals surface area contributed by atoms with Crippen molar-refractivity contribution in [2.45, 2.75) is 45.3 Å². The van der Waals surface area contributed by atoms with Crippen LogP contribution in [0.3, 0.4) is 0 Å². The fraction of sp³-hybridized carbons (Fsp3) is 0.750. The summed E-state index contributed by atoms with van der Waals surface area (Å²) < 4.78 is 2.02. The van der Waals surface area contributed by atoms with Gasteiger partial charge in [0.15, 0.2) is 0 Å². The van der Waals surface area contributed by atoms with Gasteiger partial charge >= 0.3 is 0 Å². The Morgan fingerprint density at radius 3 is 2.88 bits per heavy atom. The van der Waals surface area contributed by atoms with Gasteiger partial charge in [0.1, 0.15) is 0 Å². The molecule has 5 heteroatoms. The van der Waals surface area contributed by atoms with Crippen molar-refractivity contribution in [3.05, 3.63) is 18.0 Å². The lowest BCUT2D eigenvalue weighted by Gasteiger charge is -2.22. The van der Waals surface area contributed by atoms with Crippen LogP contribution < -0.4 is 5.73 Å². The predicted molar refractivity (Wildman–Crippen MR) is 72.3 cm³/mol. The molecule has 1 unspecified atom stereocenters. The fourth-order valence-corrected chi connectivity index (χ4v) is 2.35. The lowest BCUT2D eigenvalue weighted by molar-refractivity contribution is 0.250. The maximum absolute atomic E-state index is 5.77. The third kappa shape index (κ3) is 3.44. The van der Waals surface area contributed by atoms with Gasteiger partial charge in [0.25, 0.3) is 0 Å². The molecule has 1 aliphatic rings. The molecule has 0 aliphatic carbocycles. The van der Waals surface area contributed by atoms with Crippen molar-refractivity contribution in [1.29, 1.82) is 0 Å². The topological polar surface area (TPSA) is 47.1 Å². The first-order chi connectivity index (χ1) is 7.70. The molecular formula is C12H23ClN4. The van der Waals surface area contributed by atoms with E-state index in [0.717, 1.165) is 13.1 Å². The van der Waals surface area contributed by atoms with Crippen molar-refractivity contribution in [2.24, 2.45) is 5.73 Å². The van der Waals surface area contributed by atoms with Gasteiger partial charge in [-0.25, -0.2) is 0 Å². The summed E-state index contributed by atoms with van der Waals surface area (Å²) in [6, 6.07) is 1.01. The summed E-state index contributed by atoms with van der Waals surface area (Å²) in [6.45, 7) is 7.24. The molecule has 2 rings (SSSR count). The van der Waals surface area contributed by atoms with Crippen LogP contribution in [-0.4, -0.2) is 33.8 Å². The first-order valence-corrected chi connectivity index (χ1v) is 6.18. The molecule has 1 saturated heterocycles. The van der Waals surface area contributed by atoms with E-state index in [2.05, 4.69) is 30.0 Å². The molecule has 0 amide bonds. The third-order valence-corrected chi connectivity index (χ3v) is 3.34. The molecular weight excluding hydrogens is 236 g/mol.